The fourth-order valence-electron chi connectivity index (χ4n) is 2.00. The summed E-state index contributed by atoms with van der Waals surface area (Å²) in [5, 5.41) is 23.4. The molecular weight excluding hydrogens is 282 g/mol. The van der Waals surface area contributed by atoms with E-state index >= 15 is 0 Å². The Labute approximate surface area is 128 Å². The van der Waals surface area contributed by atoms with E-state index < -0.39 is 0 Å². The number of aryl methyl sites for hydroxylation is 1. The molecule has 0 atom stereocenters. The molecule has 1 heterocycles. The second-order valence-corrected chi connectivity index (χ2v) is 4.75. The van der Waals surface area contributed by atoms with Gasteiger partial charge in [-0.05, 0) is 26.0 Å². The molecule has 0 spiro atoms. The molecule has 1 amide bonds. The summed E-state index contributed by atoms with van der Waals surface area (Å²) in [6.45, 7) is 3.00. The minimum Gasteiger partial charge on any atom is -0.505 e. The van der Waals surface area contributed by atoms with Crippen LogP contribution in [0.3, 0.4) is 0 Å². The number of nitrogens with one attached hydrogen (secondary N) is 1. The number of hydrogen-bond acceptors (Lipinski definition) is 5. The van der Waals surface area contributed by atoms with Gasteiger partial charge in [-0.1, -0.05) is 18.2 Å². The van der Waals surface area contributed by atoms with Gasteiger partial charge in [0.2, 0.25) is 0 Å². The highest BCUT2D eigenvalue weighted by molar-refractivity contribution is 6.03. The number of hydrogen-bond donors (Lipinski definition) is 3. The van der Waals surface area contributed by atoms with Crippen molar-refractivity contribution in [1.29, 1.82) is 0 Å². The summed E-state index contributed by atoms with van der Waals surface area (Å²) >= 11 is 0. The second-order valence-electron chi connectivity index (χ2n) is 4.75. The molecule has 0 saturated heterocycles. The van der Waals surface area contributed by atoms with Crippen molar-refractivity contribution in [3.8, 4) is 5.75 Å². The Kier molecular flexibility index (Phi) is 4.85. The lowest BCUT2D eigenvalue weighted by atomic mass is 10.0. The van der Waals surface area contributed by atoms with Gasteiger partial charge in [-0.25, -0.2) is 5.43 Å². The third kappa shape index (κ3) is 3.29. The number of aromatic nitrogens is 1. The highest BCUT2D eigenvalue weighted by atomic mass is 16.3. The average molecular weight is 299 g/mol. The number of carbonyl (C=O) groups is 1. The molecule has 1 aromatic carbocycles. The quantitative estimate of drug-likeness (QED) is 0.592. The molecule has 0 aliphatic carbocycles. The minimum atomic E-state index is -0.351. The number of pyridine rings is 1. The number of carbonyl (C=O) groups excluding carboxylic acids is 1. The molecule has 2 rings (SSSR count). The van der Waals surface area contributed by atoms with Gasteiger partial charge in [0.25, 0.3) is 5.91 Å². The van der Waals surface area contributed by atoms with Crippen molar-refractivity contribution in [1.82, 2.24) is 10.4 Å². The third-order valence-corrected chi connectivity index (χ3v) is 3.21. The van der Waals surface area contributed by atoms with Gasteiger partial charge in [0.1, 0.15) is 5.75 Å². The number of aromatic hydroxyl groups is 1. The molecule has 0 fully saturated rings. The molecule has 1 aromatic heterocycles. The van der Waals surface area contributed by atoms with E-state index in [1.807, 2.05) is 6.07 Å². The van der Waals surface area contributed by atoms with Gasteiger partial charge >= 0.3 is 0 Å². The highest BCUT2D eigenvalue weighted by Crippen LogP contribution is 2.24. The van der Waals surface area contributed by atoms with Crippen LogP contribution >= 0.6 is 0 Å². The summed E-state index contributed by atoms with van der Waals surface area (Å²) in [6, 6.07) is 8.68. The molecular formula is C16H17N3O3. The summed E-state index contributed by atoms with van der Waals surface area (Å²) in [7, 11) is 0. The van der Waals surface area contributed by atoms with Crippen LogP contribution in [0.25, 0.3) is 0 Å². The highest BCUT2D eigenvalue weighted by Gasteiger charge is 2.14. The molecule has 0 unspecified atom stereocenters. The maximum atomic E-state index is 11.9. The molecule has 0 saturated carbocycles. The topological polar surface area (TPSA) is 94.8 Å². The van der Waals surface area contributed by atoms with E-state index in [1.54, 1.807) is 38.1 Å². The van der Waals surface area contributed by atoms with Gasteiger partial charge < -0.3 is 10.2 Å². The van der Waals surface area contributed by atoms with Gasteiger partial charge in [0, 0.05) is 22.9 Å². The van der Waals surface area contributed by atoms with Gasteiger partial charge in [0.05, 0.1) is 18.0 Å². The van der Waals surface area contributed by atoms with Crippen LogP contribution in [0.2, 0.25) is 0 Å². The van der Waals surface area contributed by atoms with Crippen LogP contribution in [0.5, 0.6) is 5.75 Å². The smallest absolute Gasteiger partial charge is 0.271 e. The van der Waals surface area contributed by atoms with E-state index in [9.17, 15) is 15.0 Å². The van der Waals surface area contributed by atoms with E-state index in [0.29, 0.717) is 28.1 Å². The van der Waals surface area contributed by atoms with E-state index in [4.69, 9.17) is 0 Å². The largest absolute Gasteiger partial charge is 0.505 e. The Balaban J connectivity index is 2.27. The molecule has 22 heavy (non-hydrogen) atoms. The standard InChI is InChI=1S/C16H17N3O3/c1-10(14-13(9-20)8-17-11(2)15(14)21)18-19-16(22)12-6-4-3-5-7-12/h3-8,20-21H,9H2,1-2H3,(H,19,22)/b18-10+. The van der Waals surface area contributed by atoms with Crippen molar-refractivity contribution in [3.63, 3.8) is 0 Å². The van der Waals surface area contributed by atoms with Crippen molar-refractivity contribution in [3.05, 3.63) is 58.9 Å². The van der Waals surface area contributed by atoms with E-state index in [2.05, 4.69) is 15.5 Å². The van der Waals surface area contributed by atoms with E-state index in [-0.39, 0.29) is 18.3 Å². The Morgan fingerprint density at radius 1 is 1.32 bits per heavy atom. The molecule has 114 valence electrons. The molecule has 6 heteroatoms. The fourth-order valence-corrected chi connectivity index (χ4v) is 2.00. The van der Waals surface area contributed by atoms with Crippen molar-refractivity contribution in [2.24, 2.45) is 5.10 Å². The van der Waals surface area contributed by atoms with Crippen LogP contribution in [0.15, 0.2) is 41.6 Å². The lowest BCUT2D eigenvalue weighted by Crippen LogP contribution is -2.19. The second kappa shape index (κ2) is 6.82. The summed E-state index contributed by atoms with van der Waals surface area (Å²) in [6.07, 6.45) is 1.47. The summed E-state index contributed by atoms with van der Waals surface area (Å²) in [4.78, 5) is 15.9. The van der Waals surface area contributed by atoms with Gasteiger partial charge in [-0.2, -0.15) is 5.10 Å². The summed E-state index contributed by atoms with van der Waals surface area (Å²) in [5.74, 6) is -0.405. The van der Waals surface area contributed by atoms with Gasteiger partial charge in [-0.3, -0.25) is 9.78 Å². The number of rotatable bonds is 4. The summed E-state index contributed by atoms with van der Waals surface area (Å²) in [5.41, 5.74) is 4.55. The number of hydrazone groups is 1. The van der Waals surface area contributed by atoms with Crippen molar-refractivity contribution in [2.75, 3.05) is 0 Å². The SMILES string of the molecule is C/C(=N\NC(=O)c1ccccc1)c1c(CO)cnc(C)c1O. The first-order valence-corrected chi connectivity index (χ1v) is 6.73. The first-order chi connectivity index (χ1) is 10.5. The van der Waals surface area contributed by atoms with Crippen molar-refractivity contribution >= 4 is 11.6 Å². The molecule has 6 nitrogen and oxygen atoms in total. The zero-order valence-electron chi connectivity index (χ0n) is 12.4. The number of amides is 1. The lowest BCUT2D eigenvalue weighted by Gasteiger charge is -2.11. The first-order valence-electron chi connectivity index (χ1n) is 6.73. The van der Waals surface area contributed by atoms with Crippen LogP contribution in [-0.4, -0.2) is 26.8 Å². The van der Waals surface area contributed by atoms with Gasteiger partial charge in [-0.15, -0.1) is 0 Å². The summed E-state index contributed by atoms with van der Waals surface area (Å²) < 4.78 is 0. The maximum Gasteiger partial charge on any atom is 0.271 e. The normalized spacial score (nSPS) is 11.3. The van der Waals surface area contributed by atoms with Crippen LogP contribution in [0.4, 0.5) is 0 Å². The third-order valence-electron chi connectivity index (χ3n) is 3.21. The molecule has 2 aromatic rings. The molecule has 0 aliphatic rings. The van der Waals surface area contributed by atoms with Gasteiger partial charge in [0.15, 0.2) is 0 Å². The monoisotopic (exact) mass is 299 g/mol. The first kappa shape index (κ1) is 15.7. The lowest BCUT2D eigenvalue weighted by molar-refractivity contribution is 0.0955. The van der Waals surface area contributed by atoms with Crippen LogP contribution in [0.1, 0.15) is 34.1 Å². The van der Waals surface area contributed by atoms with Crippen LogP contribution < -0.4 is 5.43 Å². The maximum absolute atomic E-state index is 11.9. The predicted octanol–water partition coefficient (Wildman–Crippen LogP) is 1.74. The zero-order valence-corrected chi connectivity index (χ0v) is 12.4. The zero-order chi connectivity index (χ0) is 16.1. The van der Waals surface area contributed by atoms with Crippen molar-refractivity contribution < 1.29 is 15.0 Å². The Morgan fingerprint density at radius 3 is 2.64 bits per heavy atom. The van der Waals surface area contributed by atoms with Crippen LogP contribution in [-0.2, 0) is 6.61 Å². The minimum absolute atomic E-state index is 0.0539. The molecule has 0 aliphatic heterocycles. The van der Waals surface area contributed by atoms with E-state index in [1.165, 1.54) is 6.20 Å². The Morgan fingerprint density at radius 2 is 2.00 bits per heavy atom. The predicted molar refractivity (Wildman–Crippen MR) is 82.7 cm³/mol. The Bertz CT molecular complexity index is 712. The number of benzene rings is 1. The molecule has 0 bridgehead atoms. The molecule has 0 radical (unpaired) electrons. The average Bonchev–Trinajstić information content (AvgIpc) is 2.55. The number of aliphatic hydroxyl groups excluding tert-OH is 1. The van der Waals surface area contributed by atoms with Crippen molar-refractivity contribution in [2.45, 2.75) is 20.5 Å². The van der Waals surface area contributed by atoms with Crippen LogP contribution in [0, 0.1) is 6.92 Å². The number of aliphatic hydroxyl groups is 1. The van der Waals surface area contributed by atoms with E-state index in [0.717, 1.165) is 0 Å². The Hall–Kier alpha value is -2.73. The number of nitrogens with zero attached hydrogens (tertiary/aromatic N) is 2. The fraction of sp³-hybridized carbons (Fsp3) is 0.188. The molecule has 3 N–H and O–H groups in total.